The molecule has 4 nitrogen and oxygen atoms in total. The standard InChI is InChI=1S/C20H22O4/c1-13(2)17(11-14(3)21)15-9-10-19(22)18(12-15)20(23)24-16-7-5-4-6-8-16/h4-13,17,21-22H,1-3H3/b14-11+. The van der Waals surface area contributed by atoms with Crippen LogP contribution in [0.25, 0.3) is 0 Å². The van der Waals surface area contributed by atoms with Crippen molar-refractivity contribution in [3.8, 4) is 11.5 Å². The number of carbonyl (C=O) groups excluding carboxylic acids is 1. The van der Waals surface area contributed by atoms with E-state index in [0.717, 1.165) is 5.56 Å². The number of phenols is 1. The van der Waals surface area contributed by atoms with E-state index >= 15 is 0 Å². The number of benzene rings is 2. The van der Waals surface area contributed by atoms with Crippen molar-refractivity contribution in [2.75, 3.05) is 0 Å². The summed E-state index contributed by atoms with van der Waals surface area (Å²) < 4.78 is 5.29. The van der Waals surface area contributed by atoms with Gasteiger partial charge in [0, 0.05) is 5.92 Å². The van der Waals surface area contributed by atoms with E-state index in [1.807, 2.05) is 19.9 Å². The van der Waals surface area contributed by atoms with Crippen LogP contribution in [-0.2, 0) is 0 Å². The molecule has 2 aromatic carbocycles. The van der Waals surface area contributed by atoms with Crippen molar-refractivity contribution in [1.82, 2.24) is 0 Å². The van der Waals surface area contributed by atoms with Crippen LogP contribution in [0.4, 0.5) is 0 Å². The zero-order valence-corrected chi connectivity index (χ0v) is 14.1. The van der Waals surface area contributed by atoms with E-state index in [-0.39, 0.29) is 28.9 Å². The van der Waals surface area contributed by atoms with E-state index in [0.29, 0.717) is 5.75 Å². The highest BCUT2D eigenvalue weighted by atomic mass is 16.5. The number of esters is 1. The van der Waals surface area contributed by atoms with E-state index in [9.17, 15) is 15.0 Å². The molecule has 2 N–H and O–H groups in total. The Bertz CT molecular complexity index is 729. The Hall–Kier alpha value is -2.75. The van der Waals surface area contributed by atoms with Gasteiger partial charge in [-0.1, -0.05) is 38.1 Å². The number of allylic oxidation sites excluding steroid dienone is 2. The molecule has 0 radical (unpaired) electrons. The lowest BCUT2D eigenvalue weighted by atomic mass is 9.87. The number of ether oxygens (including phenoxy) is 1. The molecule has 0 saturated carbocycles. The van der Waals surface area contributed by atoms with Crippen molar-refractivity contribution in [3.05, 3.63) is 71.5 Å². The fourth-order valence-electron chi connectivity index (χ4n) is 2.51. The highest BCUT2D eigenvalue weighted by molar-refractivity contribution is 5.94. The topological polar surface area (TPSA) is 66.8 Å². The van der Waals surface area contributed by atoms with Crippen LogP contribution < -0.4 is 4.74 Å². The van der Waals surface area contributed by atoms with Crippen molar-refractivity contribution in [3.63, 3.8) is 0 Å². The fourth-order valence-corrected chi connectivity index (χ4v) is 2.51. The van der Waals surface area contributed by atoms with Gasteiger partial charge in [0.2, 0.25) is 0 Å². The molecule has 0 aromatic heterocycles. The number of aromatic hydroxyl groups is 1. The minimum atomic E-state index is -0.618. The van der Waals surface area contributed by atoms with Crippen LogP contribution in [0, 0.1) is 5.92 Å². The number of rotatable bonds is 5. The number of aliphatic hydroxyl groups excluding tert-OH is 1. The second kappa shape index (κ2) is 7.68. The summed E-state index contributed by atoms with van der Waals surface area (Å²) in [5, 5.41) is 19.6. The number of carbonyl (C=O) groups is 1. The summed E-state index contributed by atoms with van der Waals surface area (Å²) in [4.78, 5) is 12.4. The van der Waals surface area contributed by atoms with Crippen LogP contribution in [0.3, 0.4) is 0 Å². The highest BCUT2D eigenvalue weighted by Gasteiger charge is 2.19. The number of hydrogen-bond acceptors (Lipinski definition) is 4. The predicted octanol–water partition coefficient (Wildman–Crippen LogP) is 4.81. The Morgan fingerprint density at radius 1 is 1.12 bits per heavy atom. The van der Waals surface area contributed by atoms with Gasteiger partial charge in [0.15, 0.2) is 0 Å². The second-order valence-corrected chi connectivity index (χ2v) is 6.06. The van der Waals surface area contributed by atoms with Gasteiger partial charge in [0.25, 0.3) is 0 Å². The van der Waals surface area contributed by atoms with Crippen LogP contribution >= 0.6 is 0 Å². The summed E-state index contributed by atoms with van der Waals surface area (Å²) in [6.07, 6.45) is 1.74. The number of aliphatic hydroxyl groups is 1. The molecule has 0 saturated heterocycles. The Labute approximate surface area is 142 Å². The number of hydrogen-bond donors (Lipinski definition) is 2. The fraction of sp³-hybridized carbons (Fsp3) is 0.250. The molecule has 0 amide bonds. The Morgan fingerprint density at radius 2 is 1.79 bits per heavy atom. The Kier molecular flexibility index (Phi) is 5.64. The maximum atomic E-state index is 12.4. The largest absolute Gasteiger partial charge is 0.513 e. The molecule has 1 atom stereocenters. The molecular weight excluding hydrogens is 304 g/mol. The lowest BCUT2D eigenvalue weighted by Gasteiger charge is -2.19. The zero-order chi connectivity index (χ0) is 17.7. The van der Waals surface area contributed by atoms with Gasteiger partial charge < -0.3 is 14.9 Å². The van der Waals surface area contributed by atoms with Gasteiger partial charge >= 0.3 is 5.97 Å². The van der Waals surface area contributed by atoms with Gasteiger partial charge in [-0.3, -0.25) is 0 Å². The lowest BCUT2D eigenvalue weighted by molar-refractivity contribution is 0.0731. The lowest BCUT2D eigenvalue weighted by Crippen LogP contribution is -2.11. The first kappa shape index (κ1) is 17.6. The molecule has 2 rings (SSSR count). The molecule has 24 heavy (non-hydrogen) atoms. The molecule has 126 valence electrons. The molecule has 2 aromatic rings. The van der Waals surface area contributed by atoms with Gasteiger partial charge in [0.05, 0.1) is 5.76 Å². The Balaban J connectivity index is 2.34. The maximum Gasteiger partial charge on any atom is 0.347 e. The maximum absolute atomic E-state index is 12.4. The third-order valence-electron chi connectivity index (χ3n) is 3.72. The number of para-hydroxylation sites is 1. The molecule has 4 heteroatoms. The molecule has 0 bridgehead atoms. The van der Waals surface area contributed by atoms with Crippen LogP contribution in [0.2, 0.25) is 0 Å². The molecule has 1 unspecified atom stereocenters. The van der Waals surface area contributed by atoms with Gasteiger partial charge in [-0.15, -0.1) is 0 Å². The van der Waals surface area contributed by atoms with Gasteiger partial charge in [0.1, 0.15) is 17.1 Å². The van der Waals surface area contributed by atoms with E-state index in [2.05, 4.69) is 0 Å². The van der Waals surface area contributed by atoms with Crippen LogP contribution in [0.5, 0.6) is 11.5 Å². The van der Waals surface area contributed by atoms with Crippen molar-refractivity contribution in [1.29, 1.82) is 0 Å². The predicted molar refractivity (Wildman–Crippen MR) is 93.5 cm³/mol. The first-order valence-electron chi connectivity index (χ1n) is 7.86. The molecule has 0 spiro atoms. The molecule has 0 fully saturated rings. The van der Waals surface area contributed by atoms with Crippen LogP contribution in [0.15, 0.2) is 60.4 Å². The molecule has 0 aliphatic rings. The summed E-state index contributed by atoms with van der Waals surface area (Å²) in [7, 11) is 0. The quantitative estimate of drug-likeness (QED) is 0.470. The third-order valence-corrected chi connectivity index (χ3v) is 3.72. The molecular formula is C20H22O4. The van der Waals surface area contributed by atoms with E-state index in [4.69, 9.17) is 4.74 Å². The summed E-state index contributed by atoms with van der Waals surface area (Å²) >= 11 is 0. The van der Waals surface area contributed by atoms with Crippen LogP contribution in [-0.4, -0.2) is 16.2 Å². The average molecular weight is 326 g/mol. The third kappa shape index (κ3) is 4.38. The summed E-state index contributed by atoms with van der Waals surface area (Å²) in [6, 6.07) is 13.6. The van der Waals surface area contributed by atoms with E-state index < -0.39 is 5.97 Å². The molecule has 0 aliphatic carbocycles. The van der Waals surface area contributed by atoms with Crippen molar-refractivity contribution in [2.45, 2.75) is 26.7 Å². The minimum absolute atomic E-state index is 0.0705. The highest BCUT2D eigenvalue weighted by Crippen LogP contribution is 2.30. The normalized spacial score (nSPS) is 12.9. The molecule has 0 heterocycles. The van der Waals surface area contributed by atoms with Crippen molar-refractivity contribution >= 4 is 5.97 Å². The molecule has 0 aliphatic heterocycles. The smallest absolute Gasteiger partial charge is 0.347 e. The monoisotopic (exact) mass is 326 g/mol. The zero-order valence-electron chi connectivity index (χ0n) is 14.1. The van der Waals surface area contributed by atoms with E-state index in [1.54, 1.807) is 49.4 Å². The SMILES string of the molecule is C/C(O)=C\C(c1ccc(O)c(C(=O)Oc2ccccc2)c1)C(C)C. The summed E-state index contributed by atoms with van der Waals surface area (Å²) in [5.74, 6) is 0.0298. The number of phenolic OH excluding ortho intramolecular Hbond substituents is 1. The average Bonchev–Trinajstić information content (AvgIpc) is 2.53. The Morgan fingerprint density at radius 3 is 2.38 bits per heavy atom. The van der Waals surface area contributed by atoms with Gasteiger partial charge in [-0.05, 0) is 48.7 Å². The summed E-state index contributed by atoms with van der Waals surface area (Å²) in [6.45, 7) is 5.66. The minimum Gasteiger partial charge on any atom is -0.513 e. The van der Waals surface area contributed by atoms with Crippen LogP contribution in [0.1, 0.15) is 42.6 Å². The van der Waals surface area contributed by atoms with E-state index in [1.165, 1.54) is 6.07 Å². The second-order valence-electron chi connectivity index (χ2n) is 6.06. The van der Waals surface area contributed by atoms with Gasteiger partial charge in [-0.2, -0.15) is 0 Å². The van der Waals surface area contributed by atoms with Gasteiger partial charge in [-0.25, -0.2) is 4.79 Å². The van der Waals surface area contributed by atoms with Crippen molar-refractivity contribution < 1.29 is 19.7 Å². The first-order valence-corrected chi connectivity index (χ1v) is 7.86. The first-order chi connectivity index (χ1) is 11.4. The summed E-state index contributed by atoms with van der Waals surface area (Å²) in [5.41, 5.74) is 0.933. The van der Waals surface area contributed by atoms with Crippen molar-refractivity contribution in [2.24, 2.45) is 5.92 Å².